The first-order valence-corrected chi connectivity index (χ1v) is 7.51. The summed E-state index contributed by atoms with van der Waals surface area (Å²) in [5.74, 6) is 1.21. The van der Waals surface area contributed by atoms with Gasteiger partial charge in [0.15, 0.2) is 5.82 Å². The van der Waals surface area contributed by atoms with Crippen LogP contribution in [0.5, 0.6) is 0 Å². The lowest BCUT2D eigenvalue weighted by molar-refractivity contribution is 0.187. The van der Waals surface area contributed by atoms with Crippen molar-refractivity contribution < 1.29 is 9.13 Å². The van der Waals surface area contributed by atoms with E-state index in [0.717, 1.165) is 11.4 Å². The maximum atomic E-state index is 13.3. The van der Waals surface area contributed by atoms with Gasteiger partial charge in [0.1, 0.15) is 11.6 Å². The normalized spacial score (nSPS) is 10.9. The Morgan fingerprint density at radius 2 is 2.16 bits per heavy atom. The first-order chi connectivity index (χ1) is 9.17. The molecule has 1 aromatic carbocycles. The molecule has 0 fully saturated rings. The van der Waals surface area contributed by atoms with Crippen LogP contribution in [0.4, 0.5) is 4.39 Å². The van der Waals surface area contributed by atoms with Crippen LogP contribution in [0.1, 0.15) is 5.82 Å². The van der Waals surface area contributed by atoms with Crippen molar-refractivity contribution in [3.8, 4) is 11.4 Å². The summed E-state index contributed by atoms with van der Waals surface area (Å²) >= 11 is 6.56. The monoisotopic (exact) mass is 391 g/mol. The van der Waals surface area contributed by atoms with Crippen LogP contribution >= 0.6 is 31.9 Å². The van der Waals surface area contributed by atoms with Crippen molar-refractivity contribution >= 4 is 31.9 Å². The minimum Gasteiger partial charge on any atom is -0.383 e. The van der Waals surface area contributed by atoms with Crippen molar-refractivity contribution in [1.82, 2.24) is 14.8 Å². The second kappa shape index (κ2) is 6.58. The quantitative estimate of drug-likeness (QED) is 0.732. The SMILES string of the molecule is COCCn1c(CBr)nnc1-c1ccc(F)c(Br)c1. The van der Waals surface area contributed by atoms with Gasteiger partial charge in [-0.2, -0.15) is 0 Å². The Kier molecular flexibility index (Phi) is 5.06. The Morgan fingerprint density at radius 3 is 2.79 bits per heavy atom. The maximum Gasteiger partial charge on any atom is 0.164 e. The smallest absolute Gasteiger partial charge is 0.164 e. The van der Waals surface area contributed by atoms with Crippen LogP contribution in [0.25, 0.3) is 11.4 Å². The third-order valence-corrected chi connectivity index (χ3v) is 3.75. The predicted octanol–water partition coefficient (Wildman–Crippen LogP) is 3.39. The molecule has 0 radical (unpaired) electrons. The molecule has 0 atom stereocenters. The number of methoxy groups -OCH3 is 1. The van der Waals surface area contributed by atoms with Crippen LogP contribution in [0.2, 0.25) is 0 Å². The molecular formula is C12H12Br2FN3O. The van der Waals surface area contributed by atoms with Crippen LogP contribution in [-0.4, -0.2) is 28.5 Å². The molecule has 19 heavy (non-hydrogen) atoms. The third kappa shape index (κ3) is 3.21. The van der Waals surface area contributed by atoms with Gasteiger partial charge in [-0.1, -0.05) is 15.9 Å². The number of alkyl halides is 1. The van der Waals surface area contributed by atoms with E-state index in [-0.39, 0.29) is 5.82 Å². The van der Waals surface area contributed by atoms with Gasteiger partial charge in [0.25, 0.3) is 0 Å². The molecule has 1 heterocycles. The Bertz CT molecular complexity index is 574. The van der Waals surface area contributed by atoms with E-state index in [2.05, 4.69) is 42.1 Å². The molecule has 2 aromatic rings. The number of halogens is 3. The lowest BCUT2D eigenvalue weighted by Crippen LogP contribution is -2.09. The zero-order valence-corrected chi connectivity index (χ0v) is 13.4. The van der Waals surface area contributed by atoms with Crippen molar-refractivity contribution in [2.24, 2.45) is 0 Å². The Labute approximate surface area is 127 Å². The van der Waals surface area contributed by atoms with Gasteiger partial charge in [0.05, 0.1) is 16.4 Å². The molecule has 0 spiro atoms. The zero-order chi connectivity index (χ0) is 13.8. The average molecular weight is 393 g/mol. The van der Waals surface area contributed by atoms with Gasteiger partial charge in [-0.25, -0.2) is 4.39 Å². The second-order valence-corrected chi connectivity index (χ2v) is 5.26. The zero-order valence-electron chi connectivity index (χ0n) is 10.2. The fourth-order valence-electron chi connectivity index (χ4n) is 1.70. The van der Waals surface area contributed by atoms with Crippen LogP contribution < -0.4 is 0 Å². The Morgan fingerprint density at radius 1 is 1.37 bits per heavy atom. The van der Waals surface area contributed by atoms with Crippen molar-refractivity contribution in [3.63, 3.8) is 0 Å². The second-order valence-electron chi connectivity index (χ2n) is 3.85. The molecule has 0 aliphatic rings. The lowest BCUT2D eigenvalue weighted by atomic mass is 10.2. The minimum absolute atomic E-state index is 0.299. The third-order valence-electron chi connectivity index (χ3n) is 2.64. The fourth-order valence-corrected chi connectivity index (χ4v) is 2.49. The number of ether oxygens (including phenoxy) is 1. The largest absolute Gasteiger partial charge is 0.383 e. The molecule has 102 valence electrons. The number of nitrogens with zero attached hydrogens (tertiary/aromatic N) is 3. The topological polar surface area (TPSA) is 39.9 Å². The molecule has 4 nitrogen and oxygen atoms in total. The summed E-state index contributed by atoms with van der Waals surface area (Å²) in [5, 5.41) is 8.89. The van der Waals surface area contributed by atoms with Crippen molar-refractivity contribution in [3.05, 3.63) is 34.3 Å². The molecule has 0 aliphatic heterocycles. The van der Waals surface area contributed by atoms with Gasteiger partial charge in [-0.05, 0) is 34.1 Å². The molecular weight excluding hydrogens is 381 g/mol. The molecule has 1 aromatic heterocycles. The molecule has 0 aliphatic carbocycles. The molecule has 0 bridgehead atoms. The van der Waals surface area contributed by atoms with Crippen molar-refractivity contribution in [1.29, 1.82) is 0 Å². The van der Waals surface area contributed by atoms with E-state index in [1.54, 1.807) is 19.2 Å². The van der Waals surface area contributed by atoms with Gasteiger partial charge in [-0.15, -0.1) is 10.2 Å². The van der Waals surface area contributed by atoms with E-state index < -0.39 is 0 Å². The number of rotatable bonds is 5. The summed E-state index contributed by atoms with van der Waals surface area (Å²) < 4.78 is 20.7. The van der Waals surface area contributed by atoms with Gasteiger partial charge in [-0.3, -0.25) is 0 Å². The van der Waals surface area contributed by atoms with Crippen LogP contribution in [0, 0.1) is 5.82 Å². The van der Waals surface area contributed by atoms with E-state index in [9.17, 15) is 4.39 Å². The summed E-state index contributed by atoms with van der Waals surface area (Å²) in [6, 6.07) is 4.79. The molecule has 7 heteroatoms. The van der Waals surface area contributed by atoms with E-state index in [1.807, 2.05) is 4.57 Å². The van der Waals surface area contributed by atoms with E-state index >= 15 is 0 Å². The Balaban J connectivity index is 2.42. The number of benzene rings is 1. The van der Waals surface area contributed by atoms with E-state index in [0.29, 0.717) is 28.8 Å². The molecule has 2 rings (SSSR count). The van der Waals surface area contributed by atoms with E-state index in [4.69, 9.17) is 4.74 Å². The predicted molar refractivity (Wildman–Crippen MR) is 77.6 cm³/mol. The highest BCUT2D eigenvalue weighted by Gasteiger charge is 2.14. The number of hydrogen-bond donors (Lipinski definition) is 0. The van der Waals surface area contributed by atoms with Gasteiger partial charge in [0.2, 0.25) is 0 Å². The van der Waals surface area contributed by atoms with Crippen LogP contribution in [0.3, 0.4) is 0 Å². The summed E-state index contributed by atoms with van der Waals surface area (Å²) in [4.78, 5) is 0. The molecule has 0 N–H and O–H groups in total. The minimum atomic E-state index is -0.299. The number of aromatic nitrogens is 3. The molecule has 0 saturated carbocycles. The summed E-state index contributed by atoms with van der Waals surface area (Å²) in [6.45, 7) is 1.21. The molecule has 0 amide bonds. The highest BCUT2D eigenvalue weighted by atomic mass is 79.9. The van der Waals surface area contributed by atoms with Crippen LogP contribution in [-0.2, 0) is 16.6 Å². The van der Waals surface area contributed by atoms with Gasteiger partial charge in [0, 0.05) is 19.2 Å². The van der Waals surface area contributed by atoms with Crippen molar-refractivity contribution in [2.75, 3.05) is 13.7 Å². The number of hydrogen-bond acceptors (Lipinski definition) is 3. The maximum absolute atomic E-state index is 13.3. The highest BCUT2D eigenvalue weighted by Crippen LogP contribution is 2.25. The van der Waals surface area contributed by atoms with Gasteiger partial charge >= 0.3 is 0 Å². The Hall–Kier alpha value is -0.790. The standard InChI is InChI=1S/C12H12Br2FN3O/c1-19-5-4-18-11(7-13)16-17-12(18)8-2-3-10(15)9(14)6-8/h2-3,6H,4-5,7H2,1H3. The first-order valence-electron chi connectivity index (χ1n) is 5.59. The van der Waals surface area contributed by atoms with Crippen molar-refractivity contribution in [2.45, 2.75) is 11.9 Å². The summed E-state index contributed by atoms with van der Waals surface area (Å²) in [6.07, 6.45) is 0. The van der Waals surface area contributed by atoms with Crippen LogP contribution in [0.15, 0.2) is 22.7 Å². The molecule has 0 saturated heterocycles. The lowest BCUT2D eigenvalue weighted by Gasteiger charge is -2.09. The molecule has 0 unspecified atom stereocenters. The first kappa shape index (κ1) is 14.6. The van der Waals surface area contributed by atoms with E-state index in [1.165, 1.54) is 6.07 Å². The summed E-state index contributed by atoms with van der Waals surface area (Å²) in [7, 11) is 1.65. The summed E-state index contributed by atoms with van der Waals surface area (Å²) in [5.41, 5.74) is 0.809. The average Bonchev–Trinajstić information content (AvgIpc) is 2.82. The van der Waals surface area contributed by atoms with Gasteiger partial charge < -0.3 is 9.30 Å². The fraction of sp³-hybridized carbons (Fsp3) is 0.333. The highest BCUT2D eigenvalue weighted by molar-refractivity contribution is 9.10.